The van der Waals surface area contributed by atoms with Crippen molar-refractivity contribution < 1.29 is 26.7 Å². The number of hydrogen-bond donors (Lipinski definition) is 1. The summed E-state index contributed by atoms with van der Waals surface area (Å²) >= 11 is 0. The van der Waals surface area contributed by atoms with Crippen LogP contribution in [0.4, 0.5) is 8.78 Å². The van der Waals surface area contributed by atoms with E-state index in [1.807, 2.05) is 12.1 Å². The van der Waals surface area contributed by atoms with Gasteiger partial charge in [-0.3, -0.25) is 4.79 Å². The number of carbonyl (C=O) groups is 1. The first-order valence-electron chi connectivity index (χ1n) is 9.97. The summed E-state index contributed by atoms with van der Waals surface area (Å²) in [6.45, 7) is 0. The van der Waals surface area contributed by atoms with E-state index in [0.717, 1.165) is 17.7 Å². The summed E-state index contributed by atoms with van der Waals surface area (Å²) in [4.78, 5) is 11.2. The number of halogens is 2. The fourth-order valence-electron chi connectivity index (χ4n) is 3.24. The average molecular weight is 460 g/mol. The van der Waals surface area contributed by atoms with Gasteiger partial charge in [-0.1, -0.05) is 36.4 Å². The summed E-state index contributed by atoms with van der Waals surface area (Å²) < 4.78 is 59.8. The molecule has 1 unspecified atom stereocenters. The van der Waals surface area contributed by atoms with Crippen LogP contribution in [0.2, 0.25) is 0 Å². The maximum Gasteiger partial charge on any atom is 0.305 e. The Bertz CT molecular complexity index is 1150. The molecule has 0 aliphatic carbocycles. The highest BCUT2D eigenvalue weighted by atomic mass is 32.2. The number of aryl methyl sites for hydroxylation is 1. The van der Waals surface area contributed by atoms with E-state index in [9.17, 15) is 22.0 Å². The predicted molar refractivity (Wildman–Crippen MR) is 116 cm³/mol. The van der Waals surface area contributed by atoms with Gasteiger partial charge in [-0.05, 0) is 65.9 Å². The highest BCUT2D eigenvalue weighted by Gasteiger charge is 2.23. The van der Waals surface area contributed by atoms with E-state index in [2.05, 4.69) is 9.46 Å². The second-order valence-corrected chi connectivity index (χ2v) is 8.95. The number of sulfonamides is 1. The molecular weight excluding hydrogens is 436 g/mol. The quantitative estimate of drug-likeness (QED) is 0.478. The Morgan fingerprint density at radius 1 is 0.875 bits per heavy atom. The van der Waals surface area contributed by atoms with Crippen LogP contribution in [-0.2, 0) is 26.0 Å². The van der Waals surface area contributed by atoms with Crippen LogP contribution < -0.4 is 4.72 Å². The molecule has 0 heterocycles. The Hall–Kier alpha value is -3.10. The number of nitrogens with one attached hydrogen (secondary N) is 1. The molecule has 0 aliphatic heterocycles. The third-order valence-electron chi connectivity index (χ3n) is 4.99. The van der Waals surface area contributed by atoms with E-state index in [0.29, 0.717) is 30.4 Å². The minimum atomic E-state index is -3.98. The van der Waals surface area contributed by atoms with Crippen LogP contribution in [0.3, 0.4) is 0 Å². The molecule has 0 aromatic heterocycles. The summed E-state index contributed by atoms with van der Waals surface area (Å²) in [6, 6.07) is 16.6. The van der Waals surface area contributed by atoms with Crippen LogP contribution in [0.1, 0.15) is 35.6 Å². The summed E-state index contributed by atoms with van der Waals surface area (Å²) in [5, 5.41) is 0. The molecule has 1 N–H and O–H groups in total. The molecule has 0 saturated carbocycles. The largest absolute Gasteiger partial charge is 0.469 e. The highest BCUT2D eigenvalue weighted by Crippen LogP contribution is 2.26. The minimum absolute atomic E-state index is 0.0783. The van der Waals surface area contributed by atoms with Crippen molar-refractivity contribution >= 4 is 16.0 Å². The lowest BCUT2D eigenvalue weighted by molar-refractivity contribution is -0.140. The number of rotatable bonds is 9. The van der Waals surface area contributed by atoms with Gasteiger partial charge in [0, 0.05) is 6.42 Å². The van der Waals surface area contributed by atoms with Crippen molar-refractivity contribution in [2.75, 3.05) is 7.11 Å². The van der Waals surface area contributed by atoms with E-state index in [-0.39, 0.29) is 10.9 Å². The van der Waals surface area contributed by atoms with Crippen LogP contribution >= 0.6 is 0 Å². The Morgan fingerprint density at radius 3 is 1.91 bits per heavy atom. The van der Waals surface area contributed by atoms with Gasteiger partial charge < -0.3 is 4.74 Å². The zero-order chi connectivity index (χ0) is 23.1. The number of esters is 1. The number of hydrogen-bond acceptors (Lipinski definition) is 4. The molecule has 0 radical (unpaired) electrons. The molecule has 3 aromatic rings. The highest BCUT2D eigenvalue weighted by molar-refractivity contribution is 7.89. The maximum absolute atomic E-state index is 13.4. The van der Waals surface area contributed by atoms with Gasteiger partial charge in [-0.15, -0.1) is 0 Å². The third kappa shape index (κ3) is 6.21. The smallest absolute Gasteiger partial charge is 0.305 e. The second-order valence-electron chi connectivity index (χ2n) is 7.23. The molecule has 3 rings (SSSR count). The summed E-state index contributed by atoms with van der Waals surface area (Å²) in [7, 11) is -2.63. The molecule has 5 nitrogen and oxygen atoms in total. The van der Waals surface area contributed by atoms with Crippen molar-refractivity contribution in [3.8, 4) is 0 Å². The van der Waals surface area contributed by atoms with Gasteiger partial charge in [0.1, 0.15) is 11.6 Å². The van der Waals surface area contributed by atoms with E-state index in [1.165, 1.54) is 43.5 Å². The van der Waals surface area contributed by atoms with E-state index in [4.69, 9.17) is 0 Å². The molecule has 0 spiro atoms. The van der Waals surface area contributed by atoms with E-state index >= 15 is 0 Å². The number of methoxy groups -OCH3 is 1. The number of benzene rings is 3. The van der Waals surface area contributed by atoms with Gasteiger partial charge in [-0.25, -0.2) is 17.2 Å². The van der Waals surface area contributed by atoms with Crippen LogP contribution in [0.25, 0.3) is 0 Å². The molecule has 168 valence electrons. The lowest BCUT2D eigenvalue weighted by Crippen LogP contribution is -2.29. The van der Waals surface area contributed by atoms with Gasteiger partial charge in [0.25, 0.3) is 0 Å². The monoisotopic (exact) mass is 459 g/mol. The maximum atomic E-state index is 13.4. The molecular formula is C24H23F2NO4S. The number of ether oxygens (including phenoxy) is 1. The van der Waals surface area contributed by atoms with Crippen molar-refractivity contribution in [3.05, 3.63) is 101 Å². The molecule has 32 heavy (non-hydrogen) atoms. The zero-order valence-electron chi connectivity index (χ0n) is 17.4. The van der Waals surface area contributed by atoms with E-state index in [1.54, 1.807) is 12.1 Å². The minimum Gasteiger partial charge on any atom is -0.469 e. The zero-order valence-corrected chi connectivity index (χ0v) is 18.2. The molecule has 8 heteroatoms. The van der Waals surface area contributed by atoms with Crippen LogP contribution in [0.15, 0.2) is 77.7 Å². The van der Waals surface area contributed by atoms with Gasteiger partial charge in [0.2, 0.25) is 10.0 Å². The van der Waals surface area contributed by atoms with Gasteiger partial charge in [-0.2, -0.15) is 4.72 Å². The average Bonchev–Trinajstić information content (AvgIpc) is 2.79. The SMILES string of the molecule is COC(=O)CCCc1ccc(C(NS(=O)(=O)c2ccc(F)cc2)c2ccc(F)cc2)cc1. The second kappa shape index (κ2) is 10.5. The summed E-state index contributed by atoms with van der Waals surface area (Å²) in [6.07, 6.45) is 1.61. The molecule has 0 amide bonds. The van der Waals surface area contributed by atoms with Crippen molar-refractivity contribution in [2.45, 2.75) is 30.2 Å². The molecule has 1 atom stereocenters. The molecule has 3 aromatic carbocycles. The first-order valence-corrected chi connectivity index (χ1v) is 11.5. The van der Waals surface area contributed by atoms with Crippen molar-refractivity contribution in [2.24, 2.45) is 0 Å². The lowest BCUT2D eigenvalue weighted by atomic mass is 9.97. The van der Waals surface area contributed by atoms with Gasteiger partial charge in [0.15, 0.2) is 0 Å². The lowest BCUT2D eigenvalue weighted by Gasteiger charge is -2.20. The Morgan fingerprint density at radius 2 is 1.38 bits per heavy atom. The summed E-state index contributed by atoms with van der Waals surface area (Å²) in [5.41, 5.74) is 2.19. The van der Waals surface area contributed by atoms with Crippen molar-refractivity contribution in [1.82, 2.24) is 4.72 Å². The molecule has 0 aliphatic rings. The standard InChI is InChI=1S/C24H23F2NO4S/c1-31-23(28)4-2-3-17-5-7-18(8-6-17)24(19-9-11-20(25)12-10-19)27-32(29,30)22-15-13-21(26)14-16-22/h5-16,24,27H,2-4H2,1H3. The summed E-state index contributed by atoms with van der Waals surface area (Å²) in [5.74, 6) is -1.25. The Kier molecular flexibility index (Phi) is 7.71. The third-order valence-corrected chi connectivity index (χ3v) is 6.43. The normalized spacial score (nSPS) is 12.3. The van der Waals surface area contributed by atoms with Crippen LogP contribution in [0, 0.1) is 11.6 Å². The Labute approximate surface area is 186 Å². The van der Waals surface area contributed by atoms with Crippen molar-refractivity contribution in [1.29, 1.82) is 0 Å². The Balaban J connectivity index is 1.85. The fraction of sp³-hybridized carbons (Fsp3) is 0.208. The van der Waals surface area contributed by atoms with Crippen molar-refractivity contribution in [3.63, 3.8) is 0 Å². The van der Waals surface area contributed by atoms with Crippen LogP contribution in [-0.4, -0.2) is 21.5 Å². The van der Waals surface area contributed by atoms with Crippen LogP contribution in [0.5, 0.6) is 0 Å². The topological polar surface area (TPSA) is 72.5 Å². The first kappa shape index (κ1) is 23.6. The van der Waals surface area contributed by atoms with Gasteiger partial charge >= 0.3 is 5.97 Å². The molecule has 0 bridgehead atoms. The predicted octanol–water partition coefficient (Wildman–Crippen LogP) is 4.53. The fourth-order valence-corrected chi connectivity index (χ4v) is 4.45. The molecule has 0 saturated heterocycles. The number of carbonyl (C=O) groups excluding carboxylic acids is 1. The first-order chi connectivity index (χ1) is 15.3. The van der Waals surface area contributed by atoms with E-state index < -0.39 is 27.7 Å². The van der Waals surface area contributed by atoms with Gasteiger partial charge in [0.05, 0.1) is 18.0 Å². The molecule has 0 fully saturated rings.